The number of rotatable bonds is 13. The molecule has 2 saturated heterocycles. The summed E-state index contributed by atoms with van der Waals surface area (Å²) in [5.74, 6) is 1.98. The second-order valence-electron chi connectivity index (χ2n) is 8.19. The number of hydrogen-bond acceptors (Lipinski definition) is 6. The summed E-state index contributed by atoms with van der Waals surface area (Å²) in [6.45, 7) is 13.5. The van der Waals surface area contributed by atoms with Crippen molar-refractivity contribution < 1.29 is 18.9 Å². The van der Waals surface area contributed by atoms with E-state index in [9.17, 15) is 0 Å². The van der Waals surface area contributed by atoms with Crippen LogP contribution in [0.5, 0.6) is 11.5 Å². The zero-order valence-electron chi connectivity index (χ0n) is 18.8. The van der Waals surface area contributed by atoms with Gasteiger partial charge in [0.2, 0.25) is 0 Å². The highest BCUT2D eigenvalue weighted by Crippen LogP contribution is 2.26. The maximum absolute atomic E-state index is 6.20. The molecular weight excluding hydrogens is 380 g/mol. The van der Waals surface area contributed by atoms with E-state index in [0.717, 1.165) is 123 Å². The molecule has 0 N–H and O–H groups in total. The van der Waals surface area contributed by atoms with Crippen LogP contribution in [-0.4, -0.2) is 88.7 Å². The van der Waals surface area contributed by atoms with Crippen molar-refractivity contribution >= 4 is 0 Å². The van der Waals surface area contributed by atoms with E-state index in [0.29, 0.717) is 0 Å². The maximum Gasteiger partial charge on any atom is 0.122 e. The van der Waals surface area contributed by atoms with Gasteiger partial charge in [-0.2, -0.15) is 0 Å². The fourth-order valence-electron chi connectivity index (χ4n) is 3.93. The van der Waals surface area contributed by atoms with Gasteiger partial charge in [-0.05, 0) is 56.0 Å². The summed E-state index contributed by atoms with van der Waals surface area (Å²) in [5, 5.41) is 0. The average Bonchev–Trinajstić information content (AvgIpc) is 2.79. The van der Waals surface area contributed by atoms with Crippen molar-refractivity contribution in [3.05, 3.63) is 23.8 Å². The molecule has 0 amide bonds. The summed E-state index contributed by atoms with van der Waals surface area (Å²) < 4.78 is 23.0. The van der Waals surface area contributed by atoms with Crippen molar-refractivity contribution in [3.8, 4) is 11.5 Å². The highest BCUT2D eigenvalue weighted by Gasteiger charge is 2.13. The summed E-state index contributed by atoms with van der Waals surface area (Å²) in [6.07, 6.45) is 5.43. The average molecular weight is 421 g/mol. The molecule has 1 aromatic carbocycles. The van der Waals surface area contributed by atoms with Gasteiger partial charge >= 0.3 is 0 Å². The molecule has 6 nitrogen and oxygen atoms in total. The third-order valence-electron chi connectivity index (χ3n) is 5.80. The largest absolute Gasteiger partial charge is 0.494 e. The molecule has 2 heterocycles. The smallest absolute Gasteiger partial charge is 0.122 e. The Bertz CT molecular complexity index is 587. The minimum Gasteiger partial charge on any atom is -0.494 e. The van der Waals surface area contributed by atoms with E-state index in [1.165, 1.54) is 5.56 Å². The number of nitrogens with zero attached hydrogens (tertiary/aromatic N) is 2. The third-order valence-corrected chi connectivity index (χ3v) is 5.80. The molecule has 0 radical (unpaired) electrons. The Kier molecular flexibility index (Phi) is 10.8. The van der Waals surface area contributed by atoms with Gasteiger partial charge in [0.05, 0.1) is 39.6 Å². The highest BCUT2D eigenvalue weighted by molar-refractivity contribution is 5.40. The first kappa shape index (κ1) is 23.3. The van der Waals surface area contributed by atoms with E-state index in [4.69, 9.17) is 18.9 Å². The van der Waals surface area contributed by atoms with Crippen molar-refractivity contribution in [1.82, 2.24) is 9.80 Å². The lowest BCUT2D eigenvalue weighted by Gasteiger charge is -2.27. The molecule has 1 aromatic rings. The Morgan fingerprint density at radius 2 is 1.43 bits per heavy atom. The normalized spacial score (nSPS) is 18.4. The number of aryl methyl sites for hydroxylation is 1. The molecule has 2 fully saturated rings. The van der Waals surface area contributed by atoms with Gasteiger partial charge in [0.1, 0.15) is 11.5 Å². The van der Waals surface area contributed by atoms with Crippen LogP contribution in [0.25, 0.3) is 0 Å². The number of unbranched alkanes of at least 4 members (excludes halogenated alkanes) is 1. The van der Waals surface area contributed by atoms with Crippen molar-refractivity contribution in [2.75, 3.05) is 78.9 Å². The Hall–Kier alpha value is -1.34. The van der Waals surface area contributed by atoms with E-state index in [1.54, 1.807) is 0 Å². The molecule has 0 aliphatic carbocycles. The lowest BCUT2D eigenvalue weighted by Crippen LogP contribution is -2.37. The minimum absolute atomic E-state index is 0.754. The molecule has 0 atom stereocenters. The Balaban J connectivity index is 1.48. The lowest BCUT2D eigenvalue weighted by molar-refractivity contribution is 0.0357. The van der Waals surface area contributed by atoms with Gasteiger partial charge in [-0.25, -0.2) is 0 Å². The molecule has 30 heavy (non-hydrogen) atoms. The Morgan fingerprint density at radius 1 is 0.800 bits per heavy atom. The van der Waals surface area contributed by atoms with Crippen LogP contribution < -0.4 is 9.47 Å². The predicted octanol–water partition coefficient (Wildman–Crippen LogP) is 3.23. The Labute approximate surface area is 182 Å². The lowest BCUT2D eigenvalue weighted by atomic mass is 10.1. The van der Waals surface area contributed by atoms with Crippen LogP contribution in [0.3, 0.4) is 0 Å². The first-order valence-corrected chi connectivity index (χ1v) is 11.8. The van der Waals surface area contributed by atoms with E-state index in [1.807, 2.05) is 0 Å². The van der Waals surface area contributed by atoms with Crippen LogP contribution in [0.4, 0.5) is 0 Å². The van der Waals surface area contributed by atoms with Gasteiger partial charge in [0, 0.05) is 32.7 Å². The van der Waals surface area contributed by atoms with Gasteiger partial charge in [0.25, 0.3) is 0 Å². The van der Waals surface area contributed by atoms with Crippen LogP contribution >= 0.6 is 0 Å². The van der Waals surface area contributed by atoms with E-state index in [-0.39, 0.29) is 0 Å². The molecule has 0 aromatic heterocycles. The van der Waals surface area contributed by atoms with Gasteiger partial charge in [-0.1, -0.05) is 13.3 Å². The summed E-state index contributed by atoms with van der Waals surface area (Å²) in [4.78, 5) is 4.95. The molecule has 2 aliphatic heterocycles. The molecule has 170 valence electrons. The summed E-state index contributed by atoms with van der Waals surface area (Å²) in [5.41, 5.74) is 1.27. The van der Waals surface area contributed by atoms with E-state index >= 15 is 0 Å². The molecule has 2 aliphatic rings. The molecular formula is C24H40N2O4. The van der Waals surface area contributed by atoms with Crippen molar-refractivity contribution in [1.29, 1.82) is 0 Å². The summed E-state index contributed by atoms with van der Waals surface area (Å²) >= 11 is 0. The SMILES string of the molecule is CCCCOc1ccc(OCCCN2CCOCC2)c(CCCN2CCOCC2)c1. The predicted molar refractivity (Wildman–Crippen MR) is 120 cm³/mol. The number of hydrogen-bond donors (Lipinski definition) is 0. The van der Waals surface area contributed by atoms with Crippen molar-refractivity contribution in [3.63, 3.8) is 0 Å². The second kappa shape index (κ2) is 13.9. The minimum atomic E-state index is 0.754. The van der Waals surface area contributed by atoms with Crippen molar-refractivity contribution in [2.24, 2.45) is 0 Å². The topological polar surface area (TPSA) is 43.4 Å². The number of benzene rings is 1. The van der Waals surface area contributed by atoms with Gasteiger partial charge < -0.3 is 18.9 Å². The highest BCUT2D eigenvalue weighted by atomic mass is 16.5. The van der Waals surface area contributed by atoms with Gasteiger partial charge in [-0.15, -0.1) is 0 Å². The second-order valence-corrected chi connectivity index (χ2v) is 8.19. The van der Waals surface area contributed by atoms with Gasteiger partial charge in [0.15, 0.2) is 0 Å². The fourth-order valence-corrected chi connectivity index (χ4v) is 3.93. The van der Waals surface area contributed by atoms with E-state index < -0.39 is 0 Å². The first-order valence-electron chi connectivity index (χ1n) is 11.8. The quantitative estimate of drug-likeness (QED) is 0.457. The summed E-state index contributed by atoms with van der Waals surface area (Å²) in [6, 6.07) is 6.34. The number of ether oxygens (including phenoxy) is 4. The molecule has 0 saturated carbocycles. The zero-order chi connectivity index (χ0) is 20.9. The van der Waals surface area contributed by atoms with Crippen LogP contribution in [0.1, 0.15) is 38.2 Å². The van der Waals surface area contributed by atoms with Gasteiger partial charge in [-0.3, -0.25) is 9.80 Å². The standard InChI is InChI=1S/C24H40N2O4/c1-2-3-15-29-23-7-8-24(30-16-5-10-26-13-19-28-20-14-26)22(21-23)6-4-9-25-11-17-27-18-12-25/h7-8,21H,2-6,9-20H2,1H3. The summed E-state index contributed by atoms with van der Waals surface area (Å²) in [7, 11) is 0. The van der Waals surface area contributed by atoms with Crippen LogP contribution in [0.15, 0.2) is 18.2 Å². The first-order chi connectivity index (χ1) is 14.8. The zero-order valence-corrected chi connectivity index (χ0v) is 18.8. The molecule has 0 unspecified atom stereocenters. The molecule has 6 heteroatoms. The van der Waals surface area contributed by atoms with Crippen LogP contribution in [0, 0.1) is 0 Å². The molecule has 0 spiro atoms. The van der Waals surface area contributed by atoms with Crippen LogP contribution in [-0.2, 0) is 15.9 Å². The number of morpholine rings is 2. The Morgan fingerprint density at radius 3 is 2.10 bits per heavy atom. The maximum atomic E-state index is 6.20. The van der Waals surface area contributed by atoms with Crippen molar-refractivity contribution in [2.45, 2.75) is 39.0 Å². The molecule has 0 bridgehead atoms. The third kappa shape index (κ3) is 8.42. The molecule has 3 rings (SSSR count). The van der Waals surface area contributed by atoms with E-state index in [2.05, 4.69) is 34.9 Å². The monoisotopic (exact) mass is 420 g/mol. The van der Waals surface area contributed by atoms with Crippen LogP contribution in [0.2, 0.25) is 0 Å². The fraction of sp³-hybridized carbons (Fsp3) is 0.750.